The van der Waals surface area contributed by atoms with Crippen LogP contribution < -0.4 is 11.1 Å². The van der Waals surface area contributed by atoms with Crippen LogP contribution in [-0.4, -0.2) is 27.8 Å². The van der Waals surface area contributed by atoms with Crippen LogP contribution in [0.5, 0.6) is 0 Å². The maximum Gasteiger partial charge on any atom is 0.153 e. The second-order valence-corrected chi connectivity index (χ2v) is 8.36. The molecule has 33 heavy (non-hydrogen) atoms. The zero-order chi connectivity index (χ0) is 24.8. The molecule has 0 radical (unpaired) electrons. The van der Waals surface area contributed by atoms with E-state index in [4.69, 9.17) is 75.3 Å². The number of halogens is 6. The van der Waals surface area contributed by atoms with Crippen LogP contribution in [-0.2, 0) is 13.1 Å². The lowest BCUT2D eigenvalue weighted by Gasteiger charge is -2.05. The van der Waals surface area contributed by atoms with Gasteiger partial charge in [0.1, 0.15) is 0 Å². The summed E-state index contributed by atoms with van der Waals surface area (Å²) in [7, 11) is 0. The Bertz CT molecular complexity index is 1010. The molecule has 0 aliphatic rings. The van der Waals surface area contributed by atoms with Gasteiger partial charge in [-0.25, -0.2) is 0 Å². The molecule has 0 unspecified atom stereocenters. The predicted molar refractivity (Wildman–Crippen MR) is 138 cm³/mol. The molecular weight excluding hydrogens is 551 g/mol. The number of nitrogens with one attached hydrogen (secondary N) is 1. The van der Waals surface area contributed by atoms with Crippen molar-refractivity contribution in [3.63, 3.8) is 0 Å². The summed E-state index contributed by atoms with van der Waals surface area (Å²) in [4.78, 5) is 21.6. The van der Waals surface area contributed by atoms with E-state index in [1.165, 1.54) is 24.8 Å². The summed E-state index contributed by atoms with van der Waals surface area (Å²) in [5.74, 6) is 0. The van der Waals surface area contributed by atoms with E-state index in [1.807, 2.05) is 0 Å². The van der Waals surface area contributed by atoms with Crippen molar-refractivity contribution in [1.29, 1.82) is 0 Å². The van der Waals surface area contributed by atoms with E-state index < -0.39 is 0 Å². The van der Waals surface area contributed by atoms with Gasteiger partial charge < -0.3 is 11.1 Å². The zero-order valence-corrected chi connectivity index (χ0v) is 21.6. The lowest BCUT2D eigenvalue weighted by molar-refractivity contribution is 0.112. The number of aromatic nitrogens is 3. The number of hydrogen-bond donors (Lipinski definition) is 2. The van der Waals surface area contributed by atoms with Gasteiger partial charge in [-0.05, 0) is 0 Å². The second kappa shape index (κ2) is 16.2. The summed E-state index contributed by atoms with van der Waals surface area (Å²) in [6.07, 6.45) is 11.3. The third kappa shape index (κ3) is 10.1. The minimum atomic E-state index is 0.280. The molecule has 176 valence electrons. The van der Waals surface area contributed by atoms with Crippen LogP contribution in [0.4, 0.5) is 0 Å². The first-order chi connectivity index (χ1) is 15.8. The molecular formula is C21H19Cl6N5O. The Labute approximate surface area is 222 Å². The number of nitrogens with two attached hydrogens (primary N) is 1. The van der Waals surface area contributed by atoms with E-state index in [2.05, 4.69) is 26.8 Å². The largest absolute Gasteiger partial charge is 0.326 e. The molecule has 0 fully saturated rings. The molecule has 0 aromatic carbocycles. The molecule has 3 N–H and O–H groups in total. The SMILES string of the molecule is C=CCNCc1c(Cl)cncc1Cl.NCc1c(Cl)cncc1Cl.O=Cc1c(Cl)cncc1Cl. The van der Waals surface area contributed by atoms with E-state index >= 15 is 0 Å². The molecule has 0 amide bonds. The summed E-state index contributed by atoms with van der Waals surface area (Å²) in [5.41, 5.74) is 7.27. The summed E-state index contributed by atoms with van der Waals surface area (Å²) >= 11 is 34.3. The van der Waals surface area contributed by atoms with Crippen molar-refractivity contribution in [1.82, 2.24) is 20.3 Å². The van der Waals surface area contributed by atoms with Gasteiger partial charge in [0, 0.05) is 67.9 Å². The molecule has 0 aliphatic carbocycles. The van der Waals surface area contributed by atoms with Crippen molar-refractivity contribution < 1.29 is 4.79 Å². The molecule has 3 heterocycles. The van der Waals surface area contributed by atoms with Gasteiger partial charge >= 0.3 is 0 Å². The number of hydrogen-bond acceptors (Lipinski definition) is 6. The number of pyridine rings is 3. The van der Waals surface area contributed by atoms with Crippen LogP contribution in [0.1, 0.15) is 21.5 Å². The van der Waals surface area contributed by atoms with Gasteiger partial charge in [0.15, 0.2) is 6.29 Å². The van der Waals surface area contributed by atoms with E-state index in [-0.39, 0.29) is 10.0 Å². The van der Waals surface area contributed by atoms with Gasteiger partial charge in [-0.1, -0.05) is 75.7 Å². The maximum absolute atomic E-state index is 10.3. The van der Waals surface area contributed by atoms with Crippen molar-refractivity contribution in [2.24, 2.45) is 5.73 Å². The summed E-state index contributed by atoms with van der Waals surface area (Å²) < 4.78 is 0. The van der Waals surface area contributed by atoms with Gasteiger partial charge in [0.25, 0.3) is 0 Å². The Balaban J connectivity index is 0.000000251. The minimum absolute atomic E-state index is 0.280. The third-order valence-corrected chi connectivity index (χ3v) is 5.61. The van der Waals surface area contributed by atoms with E-state index in [0.717, 1.165) is 17.7 Å². The molecule has 0 bridgehead atoms. The summed E-state index contributed by atoms with van der Waals surface area (Å²) in [6, 6.07) is 0. The van der Waals surface area contributed by atoms with Crippen LogP contribution in [0.2, 0.25) is 30.1 Å². The van der Waals surface area contributed by atoms with Gasteiger partial charge in [-0.15, -0.1) is 6.58 Å². The Morgan fingerprint density at radius 1 is 0.758 bits per heavy atom. The molecule has 0 spiro atoms. The van der Waals surface area contributed by atoms with Crippen LogP contribution in [0.15, 0.2) is 49.8 Å². The van der Waals surface area contributed by atoms with Gasteiger partial charge in [-0.3, -0.25) is 19.7 Å². The average molecular weight is 570 g/mol. The lowest BCUT2D eigenvalue weighted by Crippen LogP contribution is -2.13. The number of carbonyl (C=O) groups excluding carboxylic acids is 1. The average Bonchev–Trinajstić information content (AvgIpc) is 2.77. The predicted octanol–water partition coefficient (Wildman–Crippen LogP) is 6.71. The minimum Gasteiger partial charge on any atom is -0.326 e. The Morgan fingerprint density at radius 3 is 1.45 bits per heavy atom. The van der Waals surface area contributed by atoms with Crippen molar-refractivity contribution in [2.45, 2.75) is 13.1 Å². The number of aldehydes is 1. The molecule has 0 saturated carbocycles. The number of nitrogens with zero attached hydrogens (tertiary/aromatic N) is 3. The van der Waals surface area contributed by atoms with Crippen molar-refractivity contribution in [3.05, 3.63) is 96.7 Å². The van der Waals surface area contributed by atoms with Gasteiger partial charge in [-0.2, -0.15) is 0 Å². The fraction of sp³-hybridized carbons (Fsp3) is 0.143. The van der Waals surface area contributed by atoms with Crippen LogP contribution >= 0.6 is 69.6 Å². The molecule has 0 saturated heterocycles. The maximum atomic E-state index is 10.3. The normalized spacial score (nSPS) is 9.79. The van der Waals surface area contributed by atoms with Gasteiger partial charge in [0.05, 0.1) is 35.7 Å². The van der Waals surface area contributed by atoms with Crippen molar-refractivity contribution in [2.75, 3.05) is 6.54 Å². The standard InChI is InChI=1S/C9H10Cl2N2.C6H6Cl2N2.C6H3Cl2NO/c1-2-3-12-4-7-8(10)5-13-6-9(7)11;7-5-2-10-3-6(8)4(5)1-9;7-5-1-9-2-6(8)4(5)3-10/h2,5-6,12H,1,3-4H2;2-3H,1,9H2;1-3H. The molecule has 3 aromatic rings. The van der Waals surface area contributed by atoms with Crippen molar-refractivity contribution in [3.8, 4) is 0 Å². The van der Waals surface area contributed by atoms with Crippen LogP contribution in [0.25, 0.3) is 0 Å². The molecule has 3 aromatic heterocycles. The first-order valence-corrected chi connectivity index (χ1v) is 11.3. The van der Waals surface area contributed by atoms with Gasteiger partial charge in [0.2, 0.25) is 0 Å². The molecule has 12 heteroatoms. The second-order valence-electron chi connectivity index (χ2n) is 5.92. The highest BCUT2D eigenvalue weighted by Gasteiger charge is 2.05. The fourth-order valence-corrected chi connectivity index (χ4v) is 3.54. The first kappa shape index (κ1) is 29.6. The number of rotatable bonds is 6. The number of carbonyl (C=O) groups is 1. The topological polar surface area (TPSA) is 93.8 Å². The van der Waals surface area contributed by atoms with E-state index in [9.17, 15) is 4.79 Å². The highest BCUT2D eigenvalue weighted by atomic mass is 35.5. The monoisotopic (exact) mass is 567 g/mol. The first-order valence-electron chi connectivity index (χ1n) is 9.08. The zero-order valence-electron chi connectivity index (χ0n) is 17.0. The van der Waals surface area contributed by atoms with Crippen LogP contribution in [0, 0.1) is 0 Å². The Kier molecular flexibility index (Phi) is 14.5. The highest BCUT2D eigenvalue weighted by molar-refractivity contribution is 6.38. The molecule has 3 rings (SSSR count). The smallest absolute Gasteiger partial charge is 0.153 e. The fourth-order valence-electron chi connectivity index (χ4n) is 2.07. The van der Waals surface area contributed by atoms with Crippen molar-refractivity contribution >= 4 is 75.9 Å². The Morgan fingerprint density at radius 2 is 1.15 bits per heavy atom. The summed E-state index contributed by atoms with van der Waals surface area (Å²) in [6.45, 7) is 5.31. The lowest BCUT2D eigenvalue weighted by atomic mass is 10.2. The highest BCUT2D eigenvalue weighted by Crippen LogP contribution is 2.23. The van der Waals surface area contributed by atoms with E-state index in [1.54, 1.807) is 18.5 Å². The van der Waals surface area contributed by atoms with Crippen LogP contribution in [0.3, 0.4) is 0 Å². The third-order valence-electron chi connectivity index (χ3n) is 3.71. The quantitative estimate of drug-likeness (QED) is 0.195. The molecule has 6 nitrogen and oxygen atoms in total. The molecule has 0 aliphatic heterocycles. The Hall–Kier alpha value is -1.48. The molecule has 0 atom stereocenters. The van der Waals surface area contributed by atoms with E-state index in [0.29, 0.717) is 45.0 Å². The summed E-state index contributed by atoms with van der Waals surface area (Å²) in [5, 5.41) is 5.90.